The highest BCUT2D eigenvalue weighted by Gasteiger charge is 2.40. The molecular weight excluding hydrogens is 538 g/mol. The van der Waals surface area contributed by atoms with Crippen LogP contribution in [0.5, 0.6) is 0 Å². The first-order chi connectivity index (χ1) is 21.8. The van der Waals surface area contributed by atoms with Gasteiger partial charge in [-0.1, -0.05) is 140 Å². The molecule has 1 atom stereocenters. The molecule has 3 nitrogen and oxygen atoms in total. The molecule has 0 spiro atoms. The van der Waals surface area contributed by atoms with Gasteiger partial charge in [-0.15, -0.1) is 0 Å². The van der Waals surface area contributed by atoms with Gasteiger partial charge in [0.2, 0.25) is 0 Å². The largest absolute Gasteiger partial charge is 0.347 e. The van der Waals surface area contributed by atoms with Crippen molar-refractivity contribution in [2.75, 3.05) is 13.2 Å². The first-order valence-electron chi connectivity index (χ1n) is 19.4. The van der Waals surface area contributed by atoms with Gasteiger partial charge in [0.25, 0.3) is 0 Å². The molecule has 0 aromatic heterocycles. The van der Waals surface area contributed by atoms with Crippen LogP contribution in [0.3, 0.4) is 0 Å². The summed E-state index contributed by atoms with van der Waals surface area (Å²) in [5.41, 5.74) is 5.83. The van der Waals surface area contributed by atoms with Gasteiger partial charge >= 0.3 is 0 Å². The Balaban J connectivity index is 2.08. The number of hydrogen-bond acceptors (Lipinski definition) is 3. The molecule has 0 aliphatic carbocycles. The standard InChI is InChI=1S/C41H75NO2/c1-3-5-7-9-11-13-15-17-19-21-23-25-27-29-31-33-36-41(43-39-40(44-41)35-38-42)37-34-32-30-28-26-24-22-20-18-16-14-12-10-8-6-4-2/h11-14,17-20,40H,3-10,15-16,21-39,42H2,1-2H3/b13-11-,14-12-,19-17-,20-18-. The van der Waals surface area contributed by atoms with Crippen LogP contribution in [0, 0.1) is 0 Å². The van der Waals surface area contributed by atoms with Crippen molar-refractivity contribution in [3.63, 3.8) is 0 Å². The van der Waals surface area contributed by atoms with Crippen LogP contribution >= 0.6 is 0 Å². The van der Waals surface area contributed by atoms with Crippen LogP contribution < -0.4 is 5.73 Å². The van der Waals surface area contributed by atoms with Crippen molar-refractivity contribution in [2.45, 2.75) is 199 Å². The number of nitrogens with two attached hydrogens (primary N) is 1. The smallest absolute Gasteiger partial charge is 0.168 e. The van der Waals surface area contributed by atoms with Crippen molar-refractivity contribution in [1.82, 2.24) is 0 Å². The third-order valence-corrected chi connectivity index (χ3v) is 8.92. The van der Waals surface area contributed by atoms with Gasteiger partial charge in [-0.3, -0.25) is 0 Å². The molecule has 1 aliphatic heterocycles. The minimum Gasteiger partial charge on any atom is -0.347 e. The average molecular weight is 614 g/mol. The normalized spacial score (nSPS) is 17.0. The molecule has 0 aromatic rings. The van der Waals surface area contributed by atoms with E-state index in [-0.39, 0.29) is 11.9 Å². The molecule has 2 N–H and O–H groups in total. The number of rotatable bonds is 32. The van der Waals surface area contributed by atoms with Crippen LogP contribution in [0.2, 0.25) is 0 Å². The van der Waals surface area contributed by atoms with Gasteiger partial charge in [0.05, 0.1) is 12.7 Å². The van der Waals surface area contributed by atoms with Gasteiger partial charge < -0.3 is 15.2 Å². The van der Waals surface area contributed by atoms with Gasteiger partial charge in [-0.2, -0.15) is 0 Å². The molecule has 1 saturated heterocycles. The molecule has 3 heteroatoms. The van der Waals surface area contributed by atoms with Gasteiger partial charge in [0.1, 0.15) is 0 Å². The molecular formula is C41H75NO2. The lowest BCUT2D eigenvalue weighted by molar-refractivity contribution is -0.179. The maximum Gasteiger partial charge on any atom is 0.168 e. The van der Waals surface area contributed by atoms with Gasteiger partial charge in [-0.25, -0.2) is 0 Å². The van der Waals surface area contributed by atoms with E-state index in [1.807, 2.05) is 0 Å². The molecule has 0 radical (unpaired) electrons. The third kappa shape index (κ3) is 25.1. The summed E-state index contributed by atoms with van der Waals surface area (Å²) in [6.07, 6.45) is 52.8. The highest BCUT2D eigenvalue weighted by molar-refractivity contribution is 4.93. The Kier molecular flexibility index (Phi) is 29.5. The van der Waals surface area contributed by atoms with E-state index in [1.54, 1.807) is 0 Å². The van der Waals surface area contributed by atoms with E-state index in [0.29, 0.717) is 6.54 Å². The summed E-state index contributed by atoms with van der Waals surface area (Å²) in [5.74, 6) is -0.343. The van der Waals surface area contributed by atoms with Crippen molar-refractivity contribution in [1.29, 1.82) is 0 Å². The zero-order valence-electron chi connectivity index (χ0n) is 29.6. The van der Waals surface area contributed by atoms with Crippen LogP contribution in [0.25, 0.3) is 0 Å². The molecule has 1 unspecified atom stereocenters. The summed E-state index contributed by atoms with van der Waals surface area (Å²) in [6, 6.07) is 0. The van der Waals surface area contributed by atoms with Crippen LogP contribution in [0.1, 0.15) is 187 Å². The van der Waals surface area contributed by atoms with E-state index < -0.39 is 0 Å². The molecule has 0 aromatic carbocycles. The highest BCUT2D eigenvalue weighted by Crippen LogP contribution is 2.35. The quantitative estimate of drug-likeness (QED) is 0.0606. The first-order valence-corrected chi connectivity index (χ1v) is 19.4. The number of unbranched alkanes of at least 4 members (excludes halogenated alkanes) is 18. The lowest BCUT2D eigenvalue weighted by Gasteiger charge is -2.28. The second kappa shape index (κ2) is 31.8. The Morgan fingerprint density at radius 3 is 1.32 bits per heavy atom. The molecule has 0 bridgehead atoms. The predicted molar refractivity (Wildman–Crippen MR) is 195 cm³/mol. The van der Waals surface area contributed by atoms with Crippen LogP contribution in [-0.4, -0.2) is 25.0 Å². The maximum absolute atomic E-state index is 6.51. The van der Waals surface area contributed by atoms with Crippen molar-refractivity contribution in [3.05, 3.63) is 48.6 Å². The van der Waals surface area contributed by atoms with Gasteiger partial charge in [-0.05, 0) is 90.0 Å². The fraction of sp³-hybridized carbons (Fsp3) is 0.805. The Hall–Kier alpha value is -1.16. The third-order valence-electron chi connectivity index (χ3n) is 8.92. The molecule has 1 aliphatic rings. The molecule has 44 heavy (non-hydrogen) atoms. The fourth-order valence-electron chi connectivity index (χ4n) is 6.10. The molecule has 1 heterocycles. The average Bonchev–Trinajstić information content (AvgIpc) is 3.43. The Morgan fingerprint density at radius 1 is 0.523 bits per heavy atom. The summed E-state index contributed by atoms with van der Waals surface area (Å²) in [6.45, 7) is 5.94. The van der Waals surface area contributed by atoms with Crippen molar-refractivity contribution < 1.29 is 9.47 Å². The predicted octanol–water partition coefficient (Wildman–Crippen LogP) is 12.9. The lowest BCUT2D eigenvalue weighted by Crippen LogP contribution is -2.31. The fourth-order valence-corrected chi connectivity index (χ4v) is 6.10. The second-order valence-corrected chi connectivity index (χ2v) is 13.2. The van der Waals surface area contributed by atoms with Gasteiger partial charge in [0, 0.05) is 12.8 Å². The number of ether oxygens (including phenoxy) is 2. The number of allylic oxidation sites excluding steroid dienone is 8. The Morgan fingerprint density at radius 2 is 0.909 bits per heavy atom. The summed E-state index contributed by atoms with van der Waals surface area (Å²) in [7, 11) is 0. The summed E-state index contributed by atoms with van der Waals surface area (Å²) in [4.78, 5) is 0. The Labute approximate surface area is 275 Å². The monoisotopic (exact) mass is 614 g/mol. The van der Waals surface area contributed by atoms with E-state index in [2.05, 4.69) is 62.5 Å². The topological polar surface area (TPSA) is 44.5 Å². The maximum atomic E-state index is 6.51. The molecule has 1 fully saturated rings. The zero-order chi connectivity index (χ0) is 31.7. The molecule has 256 valence electrons. The Bertz CT molecular complexity index is 661. The van der Waals surface area contributed by atoms with E-state index in [4.69, 9.17) is 15.2 Å². The summed E-state index contributed by atoms with van der Waals surface area (Å²) in [5, 5.41) is 0. The van der Waals surface area contributed by atoms with Crippen molar-refractivity contribution in [2.24, 2.45) is 5.73 Å². The summed E-state index contributed by atoms with van der Waals surface area (Å²) < 4.78 is 12.9. The van der Waals surface area contributed by atoms with Crippen LogP contribution in [0.15, 0.2) is 48.6 Å². The van der Waals surface area contributed by atoms with Crippen LogP contribution in [0.4, 0.5) is 0 Å². The second-order valence-electron chi connectivity index (χ2n) is 13.2. The minimum atomic E-state index is -0.343. The van der Waals surface area contributed by atoms with Gasteiger partial charge in [0.15, 0.2) is 5.79 Å². The first kappa shape index (κ1) is 40.9. The lowest BCUT2D eigenvalue weighted by atomic mass is 9.98. The zero-order valence-corrected chi connectivity index (χ0v) is 29.6. The highest BCUT2D eigenvalue weighted by atomic mass is 16.7. The minimum absolute atomic E-state index is 0.189. The van der Waals surface area contributed by atoms with E-state index in [9.17, 15) is 0 Å². The SMILES string of the molecule is CCCCC/C=C\C/C=C\CCCCCCCCC1(CCCCCCCC/C=C\C/C=C\CCCCC)OCC(CCN)O1. The molecule has 0 amide bonds. The summed E-state index contributed by atoms with van der Waals surface area (Å²) >= 11 is 0. The molecule has 0 saturated carbocycles. The molecule has 1 rings (SSSR count). The van der Waals surface area contributed by atoms with Crippen LogP contribution in [-0.2, 0) is 9.47 Å². The number of hydrogen-bond donors (Lipinski definition) is 1. The van der Waals surface area contributed by atoms with Crippen molar-refractivity contribution in [3.8, 4) is 0 Å². The van der Waals surface area contributed by atoms with E-state index in [0.717, 1.165) is 38.7 Å². The van der Waals surface area contributed by atoms with Crippen molar-refractivity contribution >= 4 is 0 Å². The van der Waals surface area contributed by atoms with E-state index >= 15 is 0 Å². The van der Waals surface area contributed by atoms with E-state index in [1.165, 1.54) is 141 Å².